The summed E-state index contributed by atoms with van der Waals surface area (Å²) in [5, 5.41) is 6.95. The van der Waals surface area contributed by atoms with Gasteiger partial charge in [0, 0.05) is 11.6 Å². The molecule has 1 aliphatic rings. The van der Waals surface area contributed by atoms with Gasteiger partial charge in [0.25, 0.3) is 0 Å². The van der Waals surface area contributed by atoms with Crippen LogP contribution in [0.25, 0.3) is 11.3 Å². The van der Waals surface area contributed by atoms with Crippen molar-refractivity contribution in [1.29, 1.82) is 0 Å². The zero-order valence-corrected chi connectivity index (χ0v) is 11.4. The van der Waals surface area contributed by atoms with Crippen LogP contribution in [0.2, 0.25) is 0 Å². The molecule has 0 spiro atoms. The Morgan fingerprint density at radius 2 is 2.16 bits per heavy atom. The molecule has 1 aliphatic carbocycles. The van der Waals surface area contributed by atoms with Crippen molar-refractivity contribution in [2.45, 2.75) is 26.7 Å². The van der Waals surface area contributed by atoms with E-state index in [1.807, 2.05) is 6.07 Å². The van der Waals surface area contributed by atoms with Gasteiger partial charge in [-0.25, -0.2) is 0 Å². The molecule has 0 amide bonds. The number of H-pyrrole nitrogens is 1. The molecular formula is C15H19N3O. The standard InChI is InChI=1S/C15H19N3O/c1-9-3-6-12(13-7-14(16)18-17-13)15(10(9)2)19-8-11-4-5-11/h3,6-7,11H,4-5,8H2,1-2H3,(H3,16,17,18). The SMILES string of the molecule is Cc1ccc(-c2cc(N)n[nH]2)c(OCC2CC2)c1C. The van der Waals surface area contributed by atoms with E-state index < -0.39 is 0 Å². The Bertz CT molecular complexity index is 599. The van der Waals surface area contributed by atoms with Gasteiger partial charge in [-0.2, -0.15) is 5.10 Å². The zero-order valence-electron chi connectivity index (χ0n) is 11.4. The van der Waals surface area contributed by atoms with Crippen LogP contribution < -0.4 is 10.5 Å². The molecule has 4 heteroatoms. The van der Waals surface area contributed by atoms with Crippen LogP contribution in [0, 0.1) is 19.8 Å². The molecule has 1 saturated carbocycles. The summed E-state index contributed by atoms with van der Waals surface area (Å²) in [6.45, 7) is 5.01. The molecule has 0 radical (unpaired) electrons. The number of aromatic nitrogens is 2. The van der Waals surface area contributed by atoms with Gasteiger partial charge in [-0.05, 0) is 49.8 Å². The summed E-state index contributed by atoms with van der Waals surface area (Å²) in [6, 6.07) is 6.01. The van der Waals surface area contributed by atoms with Gasteiger partial charge in [0.15, 0.2) is 0 Å². The number of hydrogen-bond donors (Lipinski definition) is 2. The van der Waals surface area contributed by atoms with Gasteiger partial charge in [0.2, 0.25) is 0 Å². The number of ether oxygens (including phenoxy) is 1. The van der Waals surface area contributed by atoms with Crippen molar-refractivity contribution in [2.75, 3.05) is 12.3 Å². The maximum Gasteiger partial charge on any atom is 0.145 e. The fourth-order valence-electron chi connectivity index (χ4n) is 2.15. The molecule has 0 atom stereocenters. The lowest BCUT2D eigenvalue weighted by Gasteiger charge is -2.15. The van der Waals surface area contributed by atoms with E-state index in [2.05, 4.69) is 36.2 Å². The average Bonchev–Trinajstić information content (AvgIpc) is 3.12. The summed E-state index contributed by atoms with van der Waals surface area (Å²) >= 11 is 0. The number of rotatable bonds is 4. The van der Waals surface area contributed by atoms with E-state index in [1.54, 1.807) is 0 Å². The molecule has 0 saturated heterocycles. The van der Waals surface area contributed by atoms with E-state index in [9.17, 15) is 0 Å². The minimum absolute atomic E-state index is 0.501. The van der Waals surface area contributed by atoms with Crippen LogP contribution in [0.4, 0.5) is 5.82 Å². The number of nitrogens with two attached hydrogens (primary N) is 1. The Kier molecular flexibility index (Phi) is 2.93. The second kappa shape index (κ2) is 4.61. The Hall–Kier alpha value is -1.97. The van der Waals surface area contributed by atoms with Crippen molar-refractivity contribution in [2.24, 2.45) is 5.92 Å². The van der Waals surface area contributed by atoms with Crippen LogP contribution in [0.1, 0.15) is 24.0 Å². The second-order valence-electron chi connectivity index (χ2n) is 5.35. The van der Waals surface area contributed by atoms with Gasteiger partial charge >= 0.3 is 0 Å². The van der Waals surface area contributed by atoms with E-state index in [4.69, 9.17) is 10.5 Å². The number of aryl methyl sites for hydroxylation is 1. The van der Waals surface area contributed by atoms with Crippen molar-refractivity contribution in [3.63, 3.8) is 0 Å². The first-order valence-corrected chi connectivity index (χ1v) is 6.69. The van der Waals surface area contributed by atoms with Crippen LogP contribution in [0.3, 0.4) is 0 Å². The van der Waals surface area contributed by atoms with Crippen LogP contribution in [0.5, 0.6) is 5.75 Å². The topological polar surface area (TPSA) is 63.9 Å². The number of nitrogen functional groups attached to an aromatic ring is 1. The van der Waals surface area contributed by atoms with Gasteiger partial charge < -0.3 is 10.5 Å². The zero-order chi connectivity index (χ0) is 13.4. The Morgan fingerprint density at radius 3 is 2.79 bits per heavy atom. The molecular weight excluding hydrogens is 238 g/mol. The predicted octanol–water partition coefficient (Wildman–Crippen LogP) is 3.06. The molecule has 3 rings (SSSR count). The van der Waals surface area contributed by atoms with E-state index in [-0.39, 0.29) is 0 Å². The first kappa shape index (κ1) is 12.1. The van der Waals surface area contributed by atoms with E-state index >= 15 is 0 Å². The number of benzene rings is 1. The van der Waals surface area contributed by atoms with E-state index in [0.29, 0.717) is 5.82 Å². The number of anilines is 1. The van der Waals surface area contributed by atoms with Crippen LogP contribution in [-0.2, 0) is 0 Å². The predicted molar refractivity (Wildman–Crippen MR) is 76.1 cm³/mol. The summed E-state index contributed by atoms with van der Waals surface area (Å²) < 4.78 is 6.05. The first-order valence-electron chi connectivity index (χ1n) is 6.69. The van der Waals surface area contributed by atoms with Crippen molar-refractivity contribution < 1.29 is 4.74 Å². The first-order chi connectivity index (χ1) is 9.15. The average molecular weight is 257 g/mol. The second-order valence-corrected chi connectivity index (χ2v) is 5.35. The Balaban J connectivity index is 1.99. The lowest BCUT2D eigenvalue weighted by Crippen LogP contribution is -2.03. The molecule has 0 unspecified atom stereocenters. The highest BCUT2D eigenvalue weighted by atomic mass is 16.5. The highest BCUT2D eigenvalue weighted by Crippen LogP contribution is 2.36. The molecule has 1 aromatic carbocycles. The Labute approximate surface area is 113 Å². The largest absolute Gasteiger partial charge is 0.492 e. The van der Waals surface area contributed by atoms with Gasteiger partial charge in [-0.1, -0.05) is 6.07 Å². The van der Waals surface area contributed by atoms with Gasteiger partial charge in [-0.15, -0.1) is 0 Å². The minimum atomic E-state index is 0.501. The third-order valence-corrected chi connectivity index (χ3v) is 3.72. The maximum absolute atomic E-state index is 6.05. The highest BCUT2D eigenvalue weighted by molar-refractivity contribution is 5.71. The smallest absolute Gasteiger partial charge is 0.145 e. The van der Waals surface area contributed by atoms with Gasteiger partial charge in [-0.3, -0.25) is 5.10 Å². The molecule has 1 heterocycles. The molecule has 0 aliphatic heterocycles. The van der Waals surface area contributed by atoms with Crippen LogP contribution in [0.15, 0.2) is 18.2 Å². The normalized spacial score (nSPS) is 14.6. The molecule has 1 aromatic heterocycles. The van der Waals surface area contributed by atoms with Crippen LogP contribution >= 0.6 is 0 Å². The van der Waals surface area contributed by atoms with E-state index in [0.717, 1.165) is 29.5 Å². The van der Waals surface area contributed by atoms with Gasteiger partial charge in [0.05, 0.1) is 12.3 Å². The lowest BCUT2D eigenvalue weighted by atomic mass is 10.0. The molecule has 100 valence electrons. The molecule has 1 fully saturated rings. The molecule has 4 nitrogen and oxygen atoms in total. The molecule has 0 bridgehead atoms. The molecule has 19 heavy (non-hydrogen) atoms. The third-order valence-electron chi connectivity index (χ3n) is 3.72. The van der Waals surface area contributed by atoms with Crippen molar-refractivity contribution in [3.8, 4) is 17.0 Å². The fourth-order valence-corrected chi connectivity index (χ4v) is 2.15. The minimum Gasteiger partial charge on any atom is -0.492 e. The number of nitrogens with zero attached hydrogens (tertiary/aromatic N) is 1. The summed E-state index contributed by atoms with van der Waals surface area (Å²) in [4.78, 5) is 0. The van der Waals surface area contributed by atoms with Crippen molar-refractivity contribution >= 4 is 5.82 Å². The third kappa shape index (κ3) is 2.43. The molecule has 2 aromatic rings. The summed E-state index contributed by atoms with van der Waals surface area (Å²) in [5.41, 5.74) is 10.1. The van der Waals surface area contributed by atoms with Crippen molar-refractivity contribution in [3.05, 3.63) is 29.3 Å². The number of nitrogens with one attached hydrogen (secondary N) is 1. The van der Waals surface area contributed by atoms with Crippen LogP contribution in [-0.4, -0.2) is 16.8 Å². The highest BCUT2D eigenvalue weighted by Gasteiger charge is 2.23. The monoisotopic (exact) mass is 257 g/mol. The van der Waals surface area contributed by atoms with Crippen molar-refractivity contribution in [1.82, 2.24) is 10.2 Å². The number of aromatic amines is 1. The molecule has 3 N–H and O–H groups in total. The summed E-state index contributed by atoms with van der Waals surface area (Å²) in [7, 11) is 0. The van der Waals surface area contributed by atoms with Gasteiger partial charge in [0.1, 0.15) is 11.6 Å². The quantitative estimate of drug-likeness (QED) is 0.884. The Morgan fingerprint density at radius 1 is 1.37 bits per heavy atom. The summed E-state index contributed by atoms with van der Waals surface area (Å²) in [5.74, 6) is 2.19. The van der Waals surface area contributed by atoms with E-state index in [1.165, 1.54) is 24.0 Å². The lowest BCUT2D eigenvalue weighted by molar-refractivity contribution is 0.299. The summed E-state index contributed by atoms with van der Waals surface area (Å²) in [6.07, 6.45) is 2.58. The maximum atomic E-state index is 6.05. The fraction of sp³-hybridized carbons (Fsp3) is 0.400. The number of hydrogen-bond acceptors (Lipinski definition) is 3.